The lowest BCUT2D eigenvalue weighted by atomic mass is 9.83. The molecule has 0 saturated heterocycles. The lowest BCUT2D eigenvalue weighted by molar-refractivity contribution is -0.116. The second kappa shape index (κ2) is 8.60. The van der Waals surface area contributed by atoms with Crippen LogP contribution in [0.1, 0.15) is 73.1 Å². The number of hydrogen-bond donors (Lipinski definition) is 2. The summed E-state index contributed by atoms with van der Waals surface area (Å²) >= 11 is 0. The van der Waals surface area contributed by atoms with Crippen LogP contribution in [0.3, 0.4) is 0 Å². The largest absolute Gasteiger partial charge is 0.372 e. The molecule has 1 aliphatic heterocycles. The van der Waals surface area contributed by atoms with Crippen molar-refractivity contribution in [3.8, 4) is 0 Å². The Labute approximate surface area is 201 Å². The van der Waals surface area contributed by atoms with E-state index in [9.17, 15) is 9.59 Å². The summed E-state index contributed by atoms with van der Waals surface area (Å²) in [6.07, 6.45) is 2.21. The molecule has 4 heteroatoms. The van der Waals surface area contributed by atoms with Gasteiger partial charge in [0.2, 0.25) is 0 Å². The van der Waals surface area contributed by atoms with Crippen LogP contribution in [0.25, 0.3) is 0 Å². The van der Waals surface area contributed by atoms with Gasteiger partial charge in [0.25, 0.3) is 0 Å². The summed E-state index contributed by atoms with van der Waals surface area (Å²) in [6, 6.07) is 23.3. The van der Waals surface area contributed by atoms with Crippen molar-refractivity contribution in [1.29, 1.82) is 0 Å². The second-order valence-electron chi connectivity index (χ2n) is 10.2. The maximum atomic E-state index is 13.1. The number of anilines is 2. The number of rotatable bonds is 3. The van der Waals surface area contributed by atoms with E-state index in [1.165, 1.54) is 5.56 Å². The van der Waals surface area contributed by atoms with Gasteiger partial charge in [-0.15, -0.1) is 0 Å². The van der Waals surface area contributed by atoms with E-state index in [1.807, 2.05) is 48.5 Å². The topological polar surface area (TPSA) is 58.2 Å². The maximum absolute atomic E-state index is 13.1. The van der Waals surface area contributed by atoms with Gasteiger partial charge in [0, 0.05) is 28.8 Å². The summed E-state index contributed by atoms with van der Waals surface area (Å²) in [4.78, 5) is 26.1. The molecule has 172 valence electrons. The van der Waals surface area contributed by atoms with E-state index in [0.717, 1.165) is 41.1 Å². The average Bonchev–Trinajstić information content (AvgIpc) is 3.00. The number of Topliss-reactive ketones (excluding diaryl/α,β-unsaturated/α-hetero) is 1. The molecule has 0 aromatic heterocycles. The van der Waals surface area contributed by atoms with Crippen molar-refractivity contribution in [2.45, 2.75) is 51.5 Å². The highest BCUT2D eigenvalue weighted by molar-refractivity contribution is 6.10. The van der Waals surface area contributed by atoms with Crippen LogP contribution in [-0.4, -0.2) is 11.6 Å². The van der Waals surface area contributed by atoms with Crippen molar-refractivity contribution in [3.05, 3.63) is 106 Å². The molecule has 0 amide bonds. The highest BCUT2D eigenvalue weighted by atomic mass is 16.1. The Morgan fingerprint density at radius 3 is 2.29 bits per heavy atom. The number of benzene rings is 3. The molecule has 4 nitrogen and oxygen atoms in total. The van der Waals surface area contributed by atoms with Gasteiger partial charge in [-0.25, -0.2) is 0 Å². The summed E-state index contributed by atoms with van der Waals surface area (Å²) in [5.41, 5.74) is 7.15. The Morgan fingerprint density at radius 1 is 0.853 bits per heavy atom. The standard InChI is InChI=1S/C30H30N2O2/c1-30(2,3)22-15-12-19(13-16-22)28-27-24(10-7-11-26(27)33)31-25-18-21(14-17-23(25)32-28)29(34)20-8-5-4-6-9-20/h4-6,8-9,12-18,28,31-32H,7,10-11H2,1-3H3. The molecule has 3 aromatic carbocycles. The van der Waals surface area contributed by atoms with Gasteiger partial charge in [0.15, 0.2) is 11.6 Å². The molecule has 0 bridgehead atoms. The van der Waals surface area contributed by atoms with E-state index < -0.39 is 0 Å². The molecule has 0 spiro atoms. The highest BCUT2D eigenvalue weighted by Crippen LogP contribution is 2.41. The lowest BCUT2D eigenvalue weighted by Crippen LogP contribution is -2.23. The first-order valence-electron chi connectivity index (χ1n) is 12.0. The summed E-state index contributed by atoms with van der Waals surface area (Å²) < 4.78 is 0. The minimum absolute atomic E-state index is 0.0160. The van der Waals surface area contributed by atoms with E-state index in [0.29, 0.717) is 17.5 Å². The molecule has 0 fully saturated rings. The molecule has 3 aromatic rings. The quantitative estimate of drug-likeness (QED) is 0.431. The molecule has 1 unspecified atom stereocenters. The lowest BCUT2D eigenvalue weighted by Gasteiger charge is -2.26. The van der Waals surface area contributed by atoms with Crippen LogP contribution in [0, 0.1) is 0 Å². The minimum atomic E-state index is -0.235. The predicted octanol–water partition coefficient (Wildman–Crippen LogP) is 6.80. The van der Waals surface area contributed by atoms with Crippen LogP contribution in [0.5, 0.6) is 0 Å². The predicted molar refractivity (Wildman–Crippen MR) is 137 cm³/mol. The normalized spacial score (nSPS) is 17.7. The number of carbonyl (C=O) groups is 2. The fourth-order valence-electron chi connectivity index (χ4n) is 4.82. The number of allylic oxidation sites excluding steroid dienone is 1. The van der Waals surface area contributed by atoms with Gasteiger partial charge >= 0.3 is 0 Å². The smallest absolute Gasteiger partial charge is 0.193 e. The number of nitrogens with one attached hydrogen (secondary N) is 2. The van der Waals surface area contributed by atoms with Gasteiger partial charge in [-0.2, -0.15) is 0 Å². The van der Waals surface area contributed by atoms with Gasteiger partial charge in [-0.3, -0.25) is 9.59 Å². The Hall–Kier alpha value is -3.66. The zero-order valence-corrected chi connectivity index (χ0v) is 19.9. The maximum Gasteiger partial charge on any atom is 0.193 e. The van der Waals surface area contributed by atoms with Gasteiger partial charge in [-0.05, 0) is 47.6 Å². The third-order valence-electron chi connectivity index (χ3n) is 6.76. The number of carbonyl (C=O) groups excluding carboxylic acids is 2. The molecule has 2 N–H and O–H groups in total. The number of ketones is 2. The van der Waals surface area contributed by atoms with E-state index in [-0.39, 0.29) is 23.0 Å². The fourth-order valence-corrected chi connectivity index (χ4v) is 4.82. The summed E-state index contributed by atoms with van der Waals surface area (Å²) in [7, 11) is 0. The molecule has 5 rings (SSSR count). The molecule has 0 radical (unpaired) electrons. The van der Waals surface area contributed by atoms with Crippen molar-refractivity contribution in [2.24, 2.45) is 0 Å². The van der Waals surface area contributed by atoms with E-state index in [1.54, 1.807) is 0 Å². The van der Waals surface area contributed by atoms with Crippen LogP contribution in [0.2, 0.25) is 0 Å². The van der Waals surface area contributed by atoms with E-state index in [4.69, 9.17) is 0 Å². The van der Waals surface area contributed by atoms with Gasteiger partial charge in [0.05, 0.1) is 17.4 Å². The SMILES string of the molecule is CC(C)(C)c1ccc(C2Nc3ccc(C(=O)c4ccccc4)cc3NC3=C2C(=O)CCC3)cc1. The van der Waals surface area contributed by atoms with Crippen molar-refractivity contribution >= 4 is 22.9 Å². The molecule has 2 aliphatic rings. The Morgan fingerprint density at radius 2 is 1.59 bits per heavy atom. The van der Waals surface area contributed by atoms with Crippen LogP contribution >= 0.6 is 0 Å². The fraction of sp³-hybridized carbons (Fsp3) is 0.267. The second-order valence-corrected chi connectivity index (χ2v) is 10.2. The van der Waals surface area contributed by atoms with Gasteiger partial charge in [0.1, 0.15) is 0 Å². The van der Waals surface area contributed by atoms with Gasteiger partial charge in [-0.1, -0.05) is 75.4 Å². The molecule has 1 heterocycles. The molecule has 34 heavy (non-hydrogen) atoms. The van der Waals surface area contributed by atoms with Crippen molar-refractivity contribution < 1.29 is 9.59 Å². The summed E-state index contributed by atoms with van der Waals surface area (Å²) in [6.45, 7) is 6.60. The van der Waals surface area contributed by atoms with Crippen molar-refractivity contribution in [3.63, 3.8) is 0 Å². The molecular weight excluding hydrogens is 420 g/mol. The average molecular weight is 451 g/mol. The van der Waals surface area contributed by atoms with Gasteiger partial charge < -0.3 is 10.6 Å². The molecule has 1 atom stereocenters. The van der Waals surface area contributed by atoms with Crippen LogP contribution in [0.15, 0.2) is 84.1 Å². The minimum Gasteiger partial charge on any atom is -0.372 e. The third kappa shape index (κ3) is 4.16. The Bertz CT molecular complexity index is 1280. The Balaban J connectivity index is 1.55. The molecular formula is C30H30N2O2. The van der Waals surface area contributed by atoms with Crippen LogP contribution < -0.4 is 10.6 Å². The van der Waals surface area contributed by atoms with E-state index >= 15 is 0 Å². The third-order valence-corrected chi connectivity index (χ3v) is 6.76. The van der Waals surface area contributed by atoms with Crippen molar-refractivity contribution in [1.82, 2.24) is 0 Å². The first-order chi connectivity index (χ1) is 16.3. The van der Waals surface area contributed by atoms with Crippen LogP contribution in [0.4, 0.5) is 11.4 Å². The zero-order chi connectivity index (χ0) is 23.9. The molecule has 1 aliphatic carbocycles. The van der Waals surface area contributed by atoms with Crippen molar-refractivity contribution in [2.75, 3.05) is 10.6 Å². The van der Waals surface area contributed by atoms with E-state index in [2.05, 4.69) is 55.7 Å². The highest BCUT2D eigenvalue weighted by Gasteiger charge is 2.32. The number of hydrogen-bond acceptors (Lipinski definition) is 4. The Kier molecular flexibility index (Phi) is 5.60. The summed E-state index contributed by atoms with van der Waals surface area (Å²) in [5.74, 6) is 0.164. The van der Waals surface area contributed by atoms with Crippen LogP contribution in [-0.2, 0) is 10.2 Å². The number of fused-ring (bicyclic) bond motifs is 1. The zero-order valence-electron chi connectivity index (χ0n) is 19.9. The monoisotopic (exact) mass is 450 g/mol. The molecule has 0 saturated carbocycles. The first-order valence-corrected chi connectivity index (χ1v) is 12.0. The first kappa shape index (κ1) is 22.1. The summed E-state index contributed by atoms with van der Waals surface area (Å²) in [5, 5.41) is 7.14.